The van der Waals surface area contributed by atoms with Crippen LogP contribution in [0.25, 0.3) is 0 Å². The Bertz CT molecular complexity index is 382. The molecule has 0 spiro atoms. The molecule has 0 aliphatic heterocycles. The van der Waals surface area contributed by atoms with Crippen molar-refractivity contribution in [2.45, 2.75) is 38.3 Å². The van der Waals surface area contributed by atoms with E-state index in [9.17, 15) is 4.79 Å². The summed E-state index contributed by atoms with van der Waals surface area (Å²) in [5, 5.41) is 3.39. The zero-order valence-electron chi connectivity index (χ0n) is 10.4. The number of hydrogen-bond acceptors (Lipinski definition) is 3. The highest BCUT2D eigenvalue weighted by molar-refractivity contribution is 5.81. The Labute approximate surface area is 102 Å². The van der Waals surface area contributed by atoms with Gasteiger partial charge in [-0.25, -0.2) is 0 Å². The molecule has 0 bridgehead atoms. The fraction of sp³-hybridized carbons (Fsp3) is 0.500. The number of methoxy groups -OCH3 is 1. The maximum Gasteiger partial charge on any atom is 0.147 e. The van der Waals surface area contributed by atoms with Crippen LogP contribution in [0.15, 0.2) is 24.3 Å². The van der Waals surface area contributed by atoms with Crippen molar-refractivity contribution in [2.75, 3.05) is 7.11 Å². The topological polar surface area (TPSA) is 38.3 Å². The van der Waals surface area contributed by atoms with Crippen LogP contribution in [0.2, 0.25) is 0 Å². The van der Waals surface area contributed by atoms with Gasteiger partial charge in [0.05, 0.1) is 13.2 Å². The summed E-state index contributed by atoms with van der Waals surface area (Å²) in [5.41, 5.74) is 1.17. The van der Waals surface area contributed by atoms with Gasteiger partial charge in [-0.05, 0) is 43.9 Å². The van der Waals surface area contributed by atoms with Crippen LogP contribution in [0.1, 0.15) is 25.3 Å². The van der Waals surface area contributed by atoms with E-state index in [-0.39, 0.29) is 11.8 Å². The molecule has 1 N–H and O–H groups in total. The van der Waals surface area contributed by atoms with Crippen molar-refractivity contribution < 1.29 is 9.53 Å². The fourth-order valence-corrected chi connectivity index (χ4v) is 1.85. The number of rotatable bonds is 6. The van der Waals surface area contributed by atoms with Gasteiger partial charge in [-0.15, -0.1) is 0 Å². The predicted octanol–water partition coefficient (Wildman–Crippen LogP) is 1.95. The Hall–Kier alpha value is -1.35. The molecule has 1 aliphatic carbocycles. The van der Waals surface area contributed by atoms with Gasteiger partial charge in [0.1, 0.15) is 11.5 Å². The van der Waals surface area contributed by atoms with E-state index in [0.717, 1.165) is 12.2 Å². The summed E-state index contributed by atoms with van der Waals surface area (Å²) in [5.74, 6) is 1.07. The smallest absolute Gasteiger partial charge is 0.147 e. The summed E-state index contributed by atoms with van der Waals surface area (Å²) >= 11 is 0. The van der Waals surface area contributed by atoms with Gasteiger partial charge < -0.3 is 10.1 Å². The summed E-state index contributed by atoms with van der Waals surface area (Å²) in [4.78, 5) is 11.5. The number of Topliss-reactive ketones (excluding diaryl/α,β-unsaturated/α-hetero) is 1. The number of ether oxygens (including phenoxy) is 1. The quantitative estimate of drug-likeness (QED) is 0.816. The van der Waals surface area contributed by atoms with Gasteiger partial charge in [-0.2, -0.15) is 0 Å². The molecule has 0 amide bonds. The third-order valence-electron chi connectivity index (χ3n) is 3.10. The molecular formula is C14H19NO2. The number of benzene rings is 1. The Balaban J connectivity index is 1.97. The maximum absolute atomic E-state index is 11.5. The van der Waals surface area contributed by atoms with Crippen LogP contribution in [0.4, 0.5) is 0 Å². The second kappa shape index (κ2) is 5.32. The van der Waals surface area contributed by atoms with Crippen molar-refractivity contribution in [3.63, 3.8) is 0 Å². The molecule has 17 heavy (non-hydrogen) atoms. The van der Waals surface area contributed by atoms with Crippen LogP contribution in [0.5, 0.6) is 5.75 Å². The normalized spacial score (nSPS) is 16.6. The molecular weight excluding hydrogens is 214 g/mol. The molecule has 92 valence electrons. The molecule has 1 fully saturated rings. The summed E-state index contributed by atoms with van der Waals surface area (Å²) in [6, 6.07) is 8.41. The van der Waals surface area contributed by atoms with Crippen molar-refractivity contribution in [2.24, 2.45) is 0 Å². The number of hydrogen-bond donors (Lipinski definition) is 1. The van der Waals surface area contributed by atoms with Crippen molar-refractivity contribution in [3.05, 3.63) is 29.8 Å². The Kier molecular flexibility index (Phi) is 3.79. The second-order valence-electron chi connectivity index (χ2n) is 4.66. The lowest BCUT2D eigenvalue weighted by Crippen LogP contribution is -2.38. The minimum atomic E-state index is -0.0455. The van der Waals surface area contributed by atoms with Gasteiger partial charge in [0, 0.05) is 6.04 Å². The van der Waals surface area contributed by atoms with E-state index in [1.54, 1.807) is 14.0 Å². The lowest BCUT2D eigenvalue weighted by molar-refractivity contribution is -0.119. The molecule has 2 rings (SSSR count). The van der Waals surface area contributed by atoms with E-state index < -0.39 is 0 Å². The first-order valence-electron chi connectivity index (χ1n) is 6.08. The number of ketones is 1. The minimum Gasteiger partial charge on any atom is -0.497 e. The number of carbonyl (C=O) groups is 1. The Morgan fingerprint density at radius 2 is 2.06 bits per heavy atom. The molecule has 0 saturated heterocycles. The van der Waals surface area contributed by atoms with Crippen LogP contribution >= 0.6 is 0 Å². The summed E-state index contributed by atoms with van der Waals surface area (Å²) < 4.78 is 5.11. The van der Waals surface area contributed by atoms with Gasteiger partial charge in [-0.3, -0.25) is 4.79 Å². The highest BCUT2D eigenvalue weighted by atomic mass is 16.5. The average molecular weight is 233 g/mol. The largest absolute Gasteiger partial charge is 0.497 e. The van der Waals surface area contributed by atoms with Gasteiger partial charge in [0.2, 0.25) is 0 Å². The van der Waals surface area contributed by atoms with E-state index in [0.29, 0.717) is 6.04 Å². The van der Waals surface area contributed by atoms with E-state index in [1.807, 2.05) is 24.3 Å². The van der Waals surface area contributed by atoms with E-state index in [1.165, 1.54) is 18.4 Å². The van der Waals surface area contributed by atoms with Gasteiger partial charge in [0.15, 0.2) is 0 Å². The first kappa shape index (κ1) is 12.1. The van der Waals surface area contributed by atoms with Gasteiger partial charge in [0.25, 0.3) is 0 Å². The summed E-state index contributed by atoms with van der Waals surface area (Å²) in [6.45, 7) is 1.66. The molecule has 3 nitrogen and oxygen atoms in total. The molecule has 3 heteroatoms. The molecule has 1 aliphatic rings. The van der Waals surface area contributed by atoms with Crippen molar-refractivity contribution in [1.82, 2.24) is 5.32 Å². The van der Waals surface area contributed by atoms with Gasteiger partial charge in [-0.1, -0.05) is 12.1 Å². The third kappa shape index (κ3) is 3.56. The minimum absolute atomic E-state index is 0.0455. The fourth-order valence-electron chi connectivity index (χ4n) is 1.85. The molecule has 0 aromatic heterocycles. The second-order valence-corrected chi connectivity index (χ2v) is 4.66. The summed E-state index contributed by atoms with van der Waals surface area (Å²) in [6.07, 6.45) is 3.16. The zero-order valence-corrected chi connectivity index (χ0v) is 10.4. The third-order valence-corrected chi connectivity index (χ3v) is 3.10. The number of nitrogens with one attached hydrogen (secondary N) is 1. The molecule has 1 unspecified atom stereocenters. The lowest BCUT2D eigenvalue weighted by Gasteiger charge is -2.15. The van der Waals surface area contributed by atoms with Crippen molar-refractivity contribution in [3.8, 4) is 5.75 Å². The van der Waals surface area contributed by atoms with Crippen LogP contribution in [-0.2, 0) is 11.2 Å². The van der Waals surface area contributed by atoms with Gasteiger partial charge >= 0.3 is 0 Å². The molecule has 1 aromatic carbocycles. The maximum atomic E-state index is 11.5. The monoisotopic (exact) mass is 233 g/mol. The van der Waals surface area contributed by atoms with Crippen LogP contribution in [-0.4, -0.2) is 25.0 Å². The van der Waals surface area contributed by atoms with E-state index >= 15 is 0 Å². The first-order valence-corrected chi connectivity index (χ1v) is 6.08. The predicted molar refractivity (Wildman–Crippen MR) is 67.3 cm³/mol. The molecule has 1 aromatic rings. The van der Waals surface area contributed by atoms with Crippen molar-refractivity contribution in [1.29, 1.82) is 0 Å². The molecule has 0 radical (unpaired) electrons. The van der Waals surface area contributed by atoms with Crippen molar-refractivity contribution >= 4 is 5.78 Å². The highest BCUT2D eigenvalue weighted by Crippen LogP contribution is 2.21. The lowest BCUT2D eigenvalue weighted by atomic mass is 10.0. The standard InChI is InChI=1S/C14H19NO2/c1-10(16)14(15-12-5-6-12)9-11-3-7-13(17-2)8-4-11/h3-4,7-8,12,14-15H,5-6,9H2,1-2H3. The Morgan fingerprint density at radius 3 is 2.53 bits per heavy atom. The molecule has 1 atom stereocenters. The van der Waals surface area contributed by atoms with Crippen LogP contribution in [0, 0.1) is 0 Å². The first-order chi connectivity index (χ1) is 8.19. The van der Waals surface area contributed by atoms with Crippen LogP contribution in [0.3, 0.4) is 0 Å². The molecule has 0 heterocycles. The Morgan fingerprint density at radius 1 is 1.41 bits per heavy atom. The van der Waals surface area contributed by atoms with E-state index in [2.05, 4.69) is 5.32 Å². The van der Waals surface area contributed by atoms with Crippen LogP contribution < -0.4 is 10.1 Å². The van der Waals surface area contributed by atoms with E-state index in [4.69, 9.17) is 4.74 Å². The zero-order chi connectivity index (χ0) is 12.3. The summed E-state index contributed by atoms with van der Waals surface area (Å²) in [7, 11) is 1.65. The highest BCUT2D eigenvalue weighted by Gasteiger charge is 2.26. The average Bonchev–Trinajstić information content (AvgIpc) is 3.13. The number of carbonyl (C=O) groups excluding carboxylic acids is 1. The molecule has 1 saturated carbocycles. The SMILES string of the molecule is COc1ccc(CC(NC2CC2)C(C)=O)cc1.